The van der Waals surface area contributed by atoms with Gasteiger partial charge in [-0.15, -0.1) is 0 Å². The van der Waals surface area contributed by atoms with Crippen molar-refractivity contribution in [3.63, 3.8) is 0 Å². The van der Waals surface area contributed by atoms with Gasteiger partial charge in [0.25, 0.3) is 0 Å². The van der Waals surface area contributed by atoms with Crippen LogP contribution in [0.2, 0.25) is 0 Å². The van der Waals surface area contributed by atoms with E-state index in [4.69, 9.17) is 9.52 Å². The summed E-state index contributed by atoms with van der Waals surface area (Å²) in [6.45, 7) is 2.17. The number of furan rings is 1. The van der Waals surface area contributed by atoms with Gasteiger partial charge in [-0.3, -0.25) is 9.59 Å². The highest BCUT2D eigenvalue weighted by atomic mass is 16.4. The van der Waals surface area contributed by atoms with Gasteiger partial charge >= 0.3 is 5.97 Å². The number of amides is 1. The summed E-state index contributed by atoms with van der Waals surface area (Å²) in [6, 6.07) is 21.1. The number of rotatable bonds is 9. The van der Waals surface area contributed by atoms with Crippen molar-refractivity contribution in [3.8, 4) is 16.9 Å². The van der Waals surface area contributed by atoms with Gasteiger partial charge < -0.3 is 19.9 Å². The van der Waals surface area contributed by atoms with Crippen LogP contribution in [0.25, 0.3) is 22.1 Å². The first kappa shape index (κ1) is 23.1. The van der Waals surface area contributed by atoms with Gasteiger partial charge in [-0.2, -0.15) is 0 Å². The number of phenols is 1. The third-order valence-electron chi connectivity index (χ3n) is 5.79. The van der Waals surface area contributed by atoms with Crippen LogP contribution in [-0.2, 0) is 22.4 Å². The molecule has 3 N–H and O–H groups in total. The maximum absolute atomic E-state index is 11.8. The Labute approximate surface area is 197 Å². The Hall–Kier alpha value is -4.06. The molecule has 1 heterocycles. The smallest absolute Gasteiger partial charge is 0.312 e. The fraction of sp³-hybridized carbons (Fsp3) is 0.214. The minimum Gasteiger partial charge on any atom is -0.506 e. The fourth-order valence-electron chi connectivity index (χ4n) is 4.05. The first-order valence-electron chi connectivity index (χ1n) is 11.4. The predicted octanol–water partition coefficient (Wildman–Crippen LogP) is 6.15. The summed E-state index contributed by atoms with van der Waals surface area (Å²) in [4.78, 5) is 22.5. The number of fused-ring (bicyclic) bond motifs is 1. The summed E-state index contributed by atoms with van der Waals surface area (Å²) in [6.07, 6.45) is 3.21. The minimum absolute atomic E-state index is 0.120. The molecule has 0 aliphatic carbocycles. The van der Waals surface area contributed by atoms with Gasteiger partial charge in [-0.25, -0.2) is 0 Å². The largest absolute Gasteiger partial charge is 0.506 e. The van der Waals surface area contributed by atoms with Crippen LogP contribution in [0, 0.1) is 0 Å². The van der Waals surface area contributed by atoms with Crippen molar-refractivity contribution in [2.75, 3.05) is 5.32 Å². The summed E-state index contributed by atoms with van der Waals surface area (Å²) in [5.41, 5.74) is 5.19. The zero-order chi connectivity index (χ0) is 24.1. The van der Waals surface area contributed by atoms with E-state index in [9.17, 15) is 14.7 Å². The zero-order valence-corrected chi connectivity index (χ0v) is 19.0. The van der Waals surface area contributed by atoms with E-state index in [0.717, 1.165) is 59.1 Å². The van der Waals surface area contributed by atoms with Crippen molar-refractivity contribution in [2.24, 2.45) is 0 Å². The molecule has 0 unspecified atom stereocenters. The van der Waals surface area contributed by atoms with Crippen molar-refractivity contribution in [2.45, 2.75) is 39.0 Å². The number of carboxylic acids is 1. The Bertz CT molecular complexity index is 1320. The minimum atomic E-state index is -1.23. The molecule has 0 saturated carbocycles. The third kappa shape index (κ3) is 5.29. The number of benzene rings is 3. The molecule has 4 aromatic rings. The SMILES string of the molecule is CCCCc1oc2ccccc2c1Cc1ccc(-c2ccc(O)c(NC(=O)CC(=O)O)c2)cc1. The number of anilines is 1. The highest BCUT2D eigenvalue weighted by molar-refractivity contribution is 6.02. The molecule has 1 aromatic heterocycles. The number of carbonyl (C=O) groups excluding carboxylic acids is 1. The number of unbranched alkanes of at least 4 members (excludes halogenated alkanes) is 1. The standard InChI is InChI=1S/C28H27NO5/c1-2-3-7-26-22(21-6-4-5-8-25(21)34-26)15-18-9-11-19(12-10-18)20-13-14-24(30)23(16-20)29-27(31)17-28(32)33/h4-6,8-14,16,30H,2-3,7,15,17H2,1H3,(H,29,31)(H,32,33). The molecule has 6 nitrogen and oxygen atoms in total. The van der Waals surface area contributed by atoms with E-state index >= 15 is 0 Å². The maximum atomic E-state index is 11.8. The maximum Gasteiger partial charge on any atom is 0.312 e. The second-order valence-corrected chi connectivity index (χ2v) is 8.33. The van der Waals surface area contributed by atoms with Crippen molar-refractivity contribution < 1.29 is 24.2 Å². The lowest BCUT2D eigenvalue weighted by Gasteiger charge is -2.10. The van der Waals surface area contributed by atoms with Crippen molar-refractivity contribution >= 4 is 28.5 Å². The molecule has 34 heavy (non-hydrogen) atoms. The summed E-state index contributed by atoms with van der Waals surface area (Å²) in [5.74, 6) is -0.994. The van der Waals surface area contributed by atoms with Gasteiger partial charge in [0.2, 0.25) is 5.91 Å². The number of phenolic OH excluding ortho intramolecular Hbond substituents is 1. The Morgan fingerprint density at radius 2 is 1.71 bits per heavy atom. The average Bonchev–Trinajstić information content (AvgIpc) is 3.16. The molecule has 0 aliphatic heterocycles. The summed E-state index contributed by atoms with van der Waals surface area (Å²) in [5, 5.41) is 22.4. The topological polar surface area (TPSA) is 99.8 Å². The second-order valence-electron chi connectivity index (χ2n) is 8.33. The number of para-hydroxylation sites is 1. The lowest BCUT2D eigenvalue weighted by Crippen LogP contribution is -2.16. The van der Waals surface area contributed by atoms with Crippen LogP contribution in [0.3, 0.4) is 0 Å². The van der Waals surface area contributed by atoms with Crippen LogP contribution >= 0.6 is 0 Å². The quantitative estimate of drug-likeness (QED) is 0.207. The molecule has 6 heteroatoms. The molecule has 0 spiro atoms. The van der Waals surface area contributed by atoms with Gasteiger partial charge in [0, 0.05) is 23.8 Å². The van der Waals surface area contributed by atoms with E-state index < -0.39 is 18.3 Å². The zero-order valence-electron chi connectivity index (χ0n) is 19.0. The number of aryl methyl sites for hydroxylation is 1. The van der Waals surface area contributed by atoms with Crippen LogP contribution in [0.15, 0.2) is 71.1 Å². The average molecular weight is 458 g/mol. The summed E-state index contributed by atoms with van der Waals surface area (Å²) < 4.78 is 6.15. The van der Waals surface area contributed by atoms with Gasteiger partial charge in [-0.1, -0.05) is 61.9 Å². The molecular weight excluding hydrogens is 430 g/mol. The van der Waals surface area contributed by atoms with E-state index in [1.165, 1.54) is 11.6 Å². The highest BCUT2D eigenvalue weighted by Gasteiger charge is 2.15. The van der Waals surface area contributed by atoms with Gasteiger partial charge in [0.05, 0.1) is 5.69 Å². The van der Waals surface area contributed by atoms with Crippen LogP contribution in [0.1, 0.15) is 43.1 Å². The van der Waals surface area contributed by atoms with E-state index in [0.29, 0.717) is 0 Å². The van der Waals surface area contributed by atoms with E-state index in [2.05, 4.69) is 30.4 Å². The molecule has 0 fully saturated rings. The Kier molecular flexibility index (Phi) is 6.97. The van der Waals surface area contributed by atoms with Gasteiger partial charge in [0.1, 0.15) is 23.5 Å². The summed E-state index contributed by atoms with van der Waals surface area (Å²) >= 11 is 0. The van der Waals surface area contributed by atoms with Crippen molar-refractivity contribution in [1.82, 2.24) is 0 Å². The molecule has 0 aliphatic rings. The van der Waals surface area contributed by atoms with Crippen LogP contribution in [0.5, 0.6) is 5.75 Å². The molecule has 0 atom stereocenters. The number of carboxylic acid groups (broad SMARTS) is 1. The van der Waals surface area contributed by atoms with E-state index in [1.54, 1.807) is 12.1 Å². The first-order chi connectivity index (χ1) is 16.4. The normalized spacial score (nSPS) is 11.0. The van der Waals surface area contributed by atoms with Crippen LogP contribution in [-0.4, -0.2) is 22.1 Å². The number of aromatic hydroxyl groups is 1. The molecule has 4 rings (SSSR count). The van der Waals surface area contributed by atoms with Gasteiger partial charge in [-0.05, 0) is 41.3 Å². The Balaban J connectivity index is 1.56. The highest BCUT2D eigenvalue weighted by Crippen LogP contribution is 2.32. The van der Waals surface area contributed by atoms with E-state index in [-0.39, 0.29) is 11.4 Å². The molecule has 3 aromatic carbocycles. The Morgan fingerprint density at radius 3 is 2.44 bits per heavy atom. The summed E-state index contributed by atoms with van der Waals surface area (Å²) in [7, 11) is 0. The lowest BCUT2D eigenvalue weighted by molar-refractivity contribution is -0.139. The van der Waals surface area contributed by atoms with Crippen LogP contribution in [0.4, 0.5) is 5.69 Å². The van der Waals surface area contributed by atoms with Crippen LogP contribution < -0.4 is 5.32 Å². The number of hydrogen-bond acceptors (Lipinski definition) is 4. The molecular formula is C28H27NO5. The van der Waals surface area contributed by atoms with Crippen molar-refractivity contribution in [1.29, 1.82) is 0 Å². The molecule has 0 bridgehead atoms. The molecule has 174 valence electrons. The fourth-order valence-corrected chi connectivity index (χ4v) is 4.05. The second kappa shape index (κ2) is 10.3. The monoisotopic (exact) mass is 457 g/mol. The molecule has 1 amide bonds. The number of nitrogens with one attached hydrogen (secondary N) is 1. The van der Waals surface area contributed by atoms with Crippen molar-refractivity contribution in [3.05, 3.63) is 83.6 Å². The lowest BCUT2D eigenvalue weighted by atomic mass is 9.97. The number of hydrogen-bond donors (Lipinski definition) is 3. The predicted molar refractivity (Wildman–Crippen MR) is 132 cm³/mol. The Morgan fingerprint density at radius 1 is 0.971 bits per heavy atom. The molecule has 0 radical (unpaired) electrons. The first-order valence-corrected chi connectivity index (χ1v) is 11.4. The third-order valence-corrected chi connectivity index (χ3v) is 5.79. The van der Waals surface area contributed by atoms with E-state index in [1.807, 2.05) is 30.3 Å². The number of carbonyl (C=O) groups is 2. The molecule has 0 saturated heterocycles. The number of aliphatic carboxylic acids is 1. The van der Waals surface area contributed by atoms with Gasteiger partial charge in [0.15, 0.2) is 0 Å².